The minimum absolute atomic E-state index is 0.531. The third-order valence-electron chi connectivity index (χ3n) is 3.87. The van der Waals surface area contributed by atoms with Crippen molar-refractivity contribution in [2.45, 2.75) is 44.7 Å². The van der Waals surface area contributed by atoms with E-state index in [0.717, 1.165) is 6.42 Å². The van der Waals surface area contributed by atoms with Gasteiger partial charge < -0.3 is 5.32 Å². The topological polar surface area (TPSA) is 12.0 Å². The van der Waals surface area contributed by atoms with Gasteiger partial charge in [0.25, 0.3) is 0 Å². The molecule has 2 rings (SSSR count). The standard InChI is InChI=1S/C11H20FN/c1-13-8-10(12)5-9-6-11(7-9)3-2-4-11/h9-10,13H,2-8H2,1H3/t10-/m0/s1. The monoisotopic (exact) mass is 185 g/mol. The molecular formula is C11H20FN. The van der Waals surface area contributed by atoms with Crippen LogP contribution < -0.4 is 5.32 Å². The molecular weight excluding hydrogens is 165 g/mol. The van der Waals surface area contributed by atoms with Crippen LogP contribution in [-0.4, -0.2) is 19.8 Å². The zero-order chi connectivity index (χ0) is 9.31. The molecule has 0 unspecified atom stereocenters. The van der Waals surface area contributed by atoms with Crippen LogP contribution in [0.1, 0.15) is 38.5 Å². The van der Waals surface area contributed by atoms with Gasteiger partial charge >= 0.3 is 0 Å². The first-order valence-corrected chi connectivity index (χ1v) is 5.53. The SMILES string of the molecule is CNC[C@@H](F)CC1CC2(CCC2)C1. The number of nitrogens with one attached hydrogen (secondary N) is 1. The predicted octanol–water partition coefficient (Wildman–Crippen LogP) is 2.51. The van der Waals surface area contributed by atoms with Gasteiger partial charge in [-0.2, -0.15) is 0 Å². The summed E-state index contributed by atoms with van der Waals surface area (Å²) in [6, 6.07) is 0. The van der Waals surface area contributed by atoms with Gasteiger partial charge in [-0.3, -0.25) is 0 Å². The third-order valence-corrected chi connectivity index (χ3v) is 3.87. The Morgan fingerprint density at radius 3 is 2.62 bits per heavy atom. The fourth-order valence-electron chi connectivity index (χ4n) is 3.08. The van der Waals surface area contributed by atoms with Crippen LogP contribution in [0.3, 0.4) is 0 Å². The molecule has 1 N–H and O–H groups in total. The van der Waals surface area contributed by atoms with E-state index >= 15 is 0 Å². The Bertz CT molecular complexity index is 169. The van der Waals surface area contributed by atoms with Crippen molar-refractivity contribution in [3.63, 3.8) is 0 Å². The first-order valence-electron chi connectivity index (χ1n) is 5.53. The molecule has 0 aromatic heterocycles. The number of hydrogen-bond donors (Lipinski definition) is 1. The van der Waals surface area contributed by atoms with Crippen LogP contribution in [0, 0.1) is 11.3 Å². The molecule has 0 aromatic rings. The summed E-state index contributed by atoms with van der Waals surface area (Å²) in [5.74, 6) is 0.698. The molecule has 0 bridgehead atoms. The molecule has 0 radical (unpaired) electrons. The van der Waals surface area contributed by atoms with E-state index in [2.05, 4.69) is 5.32 Å². The maximum Gasteiger partial charge on any atom is 0.113 e. The van der Waals surface area contributed by atoms with Gasteiger partial charge in [-0.05, 0) is 50.5 Å². The Labute approximate surface area is 80.1 Å². The Kier molecular flexibility index (Phi) is 2.59. The summed E-state index contributed by atoms with van der Waals surface area (Å²) in [5.41, 5.74) is 0.712. The van der Waals surface area contributed by atoms with Crippen LogP contribution in [0.25, 0.3) is 0 Å². The fourth-order valence-corrected chi connectivity index (χ4v) is 3.08. The molecule has 1 nitrogen and oxygen atoms in total. The highest BCUT2D eigenvalue weighted by Gasteiger charge is 2.48. The van der Waals surface area contributed by atoms with Gasteiger partial charge in [0.2, 0.25) is 0 Å². The van der Waals surface area contributed by atoms with Crippen molar-refractivity contribution in [1.82, 2.24) is 5.32 Å². The lowest BCUT2D eigenvalue weighted by Gasteiger charge is -2.54. The average molecular weight is 185 g/mol. The van der Waals surface area contributed by atoms with Gasteiger partial charge in [-0.25, -0.2) is 4.39 Å². The maximum absolute atomic E-state index is 13.2. The van der Waals surface area contributed by atoms with Crippen molar-refractivity contribution in [1.29, 1.82) is 0 Å². The van der Waals surface area contributed by atoms with Crippen LogP contribution >= 0.6 is 0 Å². The van der Waals surface area contributed by atoms with E-state index in [4.69, 9.17) is 0 Å². The van der Waals surface area contributed by atoms with Crippen molar-refractivity contribution in [2.75, 3.05) is 13.6 Å². The van der Waals surface area contributed by atoms with Crippen molar-refractivity contribution in [3.05, 3.63) is 0 Å². The van der Waals surface area contributed by atoms with E-state index in [1.807, 2.05) is 7.05 Å². The second kappa shape index (κ2) is 3.56. The summed E-state index contributed by atoms with van der Waals surface area (Å²) in [4.78, 5) is 0. The van der Waals surface area contributed by atoms with Crippen molar-refractivity contribution >= 4 is 0 Å². The first kappa shape index (κ1) is 9.45. The maximum atomic E-state index is 13.2. The summed E-state index contributed by atoms with van der Waals surface area (Å²) in [7, 11) is 1.82. The number of rotatable bonds is 4. The van der Waals surface area contributed by atoms with E-state index in [1.54, 1.807) is 0 Å². The Morgan fingerprint density at radius 1 is 1.46 bits per heavy atom. The zero-order valence-corrected chi connectivity index (χ0v) is 8.48. The summed E-state index contributed by atoms with van der Waals surface area (Å²) in [5, 5.41) is 2.89. The Hall–Kier alpha value is -0.110. The third kappa shape index (κ3) is 1.88. The van der Waals surface area contributed by atoms with E-state index in [1.165, 1.54) is 32.1 Å². The number of halogens is 1. The van der Waals surface area contributed by atoms with Gasteiger partial charge in [0.1, 0.15) is 6.17 Å². The minimum atomic E-state index is -0.618. The number of alkyl halides is 1. The Morgan fingerprint density at radius 2 is 2.15 bits per heavy atom. The normalized spacial score (nSPS) is 28.2. The van der Waals surface area contributed by atoms with Gasteiger partial charge in [-0.15, -0.1) is 0 Å². The van der Waals surface area contributed by atoms with Crippen LogP contribution in [0.15, 0.2) is 0 Å². The van der Waals surface area contributed by atoms with Crippen LogP contribution in [0.5, 0.6) is 0 Å². The molecule has 0 heterocycles. The molecule has 2 saturated carbocycles. The minimum Gasteiger partial charge on any atom is -0.317 e. The average Bonchev–Trinajstić information content (AvgIpc) is 1.92. The molecule has 13 heavy (non-hydrogen) atoms. The molecule has 2 aliphatic carbocycles. The smallest absolute Gasteiger partial charge is 0.113 e. The van der Waals surface area contributed by atoms with E-state index in [-0.39, 0.29) is 0 Å². The highest BCUT2D eigenvalue weighted by Crippen LogP contribution is 2.59. The van der Waals surface area contributed by atoms with Crippen molar-refractivity contribution in [2.24, 2.45) is 11.3 Å². The van der Waals surface area contributed by atoms with E-state index in [0.29, 0.717) is 17.9 Å². The molecule has 0 aliphatic heterocycles. The number of hydrogen-bond acceptors (Lipinski definition) is 1. The molecule has 0 aromatic carbocycles. The molecule has 0 amide bonds. The summed E-state index contributed by atoms with van der Waals surface area (Å²) < 4.78 is 13.2. The van der Waals surface area contributed by atoms with Gasteiger partial charge in [0.15, 0.2) is 0 Å². The van der Waals surface area contributed by atoms with Crippen molar-refractivity contribution in [3.8, 4) is 0 Å². The summed E-state index contributed by atoms with van der Waals surface area (Å²) in [6.45, 7) is 0.531. The van der Waals surface area contributed by atoms with Crippen LogP contribution in [0.4, 0.5) is 4.39 Å². The largest absolute Gasteiger partial charge is 0.317 e. The van der Waals surface area contributed by atoms with Crippen LogP contribution in [0.2, 0.25) is 0 Å². The highest BCUT2D eigenvalue weighted by molar-refractivity contribution is 4.99. The lowest BCUT2D eigenvalue weighted by molar-refractivity contribution is -0.0357. The highest BCUT2D eigenvalue weighted by atomic mass is 19.1. The summed E-state index contributed by atoms with van der Waals surface area (Å²) in [6.07, 6.45) is 7.07. The molecule has 1 atom stereocenters. The second-order valence-electron chi connectivity index (χ2n) is 5.02. The lowest BCUT2D eigenvalue weighted by Crippen LogP contribution is -2.43. The van der Waals surface area contributed by atoms with Crippen molar-refractivity contribution < 1.29 is 4.39 Å². The zero-order valence-electron chi connectivity index (χ0n) is 8.48. The molecule has 2 heteroatoms. The van der Waals surface area contributed by atoms with Crippen LogP contribution in [-0.2, 0) is 0 Å². The predicted molar refractivity (Wildman–Crippen MR) is 52.4 cm³/mol. The van der Waals surface area contributed by atoms with E-state index < -0.39 is 6.17 Å². The van der Waals surface area contributed by atoms with Gasteiger partial charge in [-0.1, -0.05) is 6.42 Å². The van der Waals surface area contributed by atoms with E-state index in [9.17, 15) is 4.39 Å². The molecule has 2 fully saturated rings. The molecule has 1 spiro atoms. The lowest BCUT2D eigenvalue weighted by atomic mass is 9.51. The quantitative estimate of drug-likeness (QED) is 0.709. The van der Waals surface area contributed by atoms with Gasteiger partial charge in [0, 0.05) is 6.54 Å². The molecule has 2 aliphatic rings. The molecule has 76 valence electrons. The first-order chi connectivity index (χ1) is 6.24. The second-order valence-corrected chi connectivity index (χ2v) is 5.02. The Balaban J connectivity index is 1.63. The summed E-state index contributed by atoms with van der Waals surface area (Å²) >= 11 is 0. The molecule has 0 saturated heterocycles. The fraction of sp³-hybridized carbons (Fsp3) is 1.00. The van der Waals surface area contributed by atoms with Gasteiger partial charge in [0.05, 0.1) is 0 Å².